The molecular weight excluding hydrogens is 210 g/mol. The molecule has 15 heavy (non-hydrogen) atoms. The molecule has 0 fully saturated rings. The molecule has 0 heterocycles. The van der Waals surface area contributed by atoms with Gasteiger partial charge in [-0.2, -0.15) is 0 Å². The summed E-state index contributed by atoms with van der Waals surface area (Å²) in [6.45, 7) is 2.59. The molecule has 0 spiro atoms. The molecule has 1 aromatic carbocycles. The zero-order valence-corrected chi connectivity index (χ0v) is 9.92. The number of anilines is 1. The first kappa shape index (κ1) is 12.2. The van der Waals surface area contributed by atoms with E-state index in [9.17, 15) is 4.21 Å². The Bertz CT molecular complexity index is 341. The summed E-state index contributed by atoms with van der Waals surface area (Å²) in [5.41, 5.74) is 6.29. The molecule has 2 atom stereocenters. The first-order valence-corrected chi connectivity index (χ1v) is 6.11. The molecule has 0 aliphatic heterocycles. The molecule has 1 aromatic rings. The van der Waals surface area contributed by atoms with Crippen LogP contribution in [0.2, 0.25) is 0 Å². The van der Waals surface area contributed by atoms with Crippen LogP contribution in [0.1, 0.15) is 13.3 Å². The van der Waals surface area contributed by atoms with Gasteiger partial charge in [-0.25, -0.2) is 0 Å². The van der Waals surface area contributed by atoms with Crippen LogP contribution < -0.4 is 5.73 Å². The van der Waals surface area contributed by atoms with Crippen molar-refractivity contribution in [1.29, 1.82) is 0 Å². The second-order valence-electron chi connectivity index (χ2n) is 3.46. The van der Waals surface area contributed by atoms with Crippen molar-refractivity contribution in [2.75, 3.05) is 19.5 Å². The predicted octanol–water partition coefficient (Wildman–Crippen LogP) is 1.80. The molecule has 1 rings (SSSR count). The number of nitrogen functional groups attached to an aromatic ring is 1. The van der Waals surface area contributed by atoms with Gasteiger partial charge in [0.2, 0.25) is 0 Å². The van der Waals surface area contributed by atoms with E-state index in [0.29, 0.717) is 12.3 Å². The Balaban J connectivity index is 2.67. The van der Waals surface area contributed by atoms with Gasteiger partial charge in [-0.15, -0.1) is 0 Å². The van der Waals surface area contributed by atoms with Crippen LogP contribution >= 0.6 is 0 Å². The number of benzene rings is 1. The van der Waals surface area contributed by atoms with Crippen molar-refractivity contribution in [2.45, 2.75) is 23.5 Å². The van der Waals surface area contributed by atoms with Crippen molar-refractivity contribution in [1.82, 2.24) is 0 Å². The van der Waals surface area contributed by atoms with E-state index in [2.05, 4.69) is 0 Å². The molecule has 0 saturated carbocycles. The van der Waals surface area contributed by atoms with Crippen molar-refractivity contribution < 1.29 is 8.95 Å². The highest BCUT2D eigenvalue weighted by Gasteiger charge is 2.12. The summed E-state index contributed by atoms with van der Waals surface area (Å²) in [5, 5.41) is 0.0896. The molecule has 84 valence electrons. The molecule has 0 bridgehead atoms. The van der Waals surface area contributed by atoms with Crippen LogP contribution in [-0.4, -0.2) is 23.2 Å². The van der Waals surface area contributed by atoms with E-state index in [1.807, 2.05) is 19.1 Å². The molecule has 4 heteroatoms. The highest BCUT2D eigenvalue weighted by atomic mass is 32.2. The number of hydrogen-bond acceptors (Lipinski definition) is 3. The van der Waals surface area contributed by atoms with Gasteiger partial charge in [0, 0.05) is 29.5 Å². The minimum Gasteiger partial charge on any atom is -0.399 e. The first-order chi connectivity index (χ1) is 7.15. The highest BCUT2D eigenvalue weighted by Crippen LogP contribution is 2.16. The van der Waals surface area contributed by atoms with Crippen LogP contribution in [0.15, 0.2) is 29.2 Å². The fourth-order valence-electron chi connectivity index (χ4n) is 1.26. The van der Waals surface area contributed by atoms with Crippen LogP contribution in [0.3, 0.4) is 0 Å². The van der Waals surface area contributed by atoms with Crippen LogP contribution in [0.25, 0.3) is 0 Å². The number of nitrogens with two attached hydrogens (primary N) is 1. The van der Waals surface area contributed by atoms with Gasteiger partial charge < -0.3 is 10.5 Å². The van der Waals surface area contributed by atoms with E-state index in [0.717, 1.165) is 11.3 Å². The fourth-order valence-corrected chi connectivity index (χ4v) is 2.50. The van der Waals surface area contributed by atoms with Crippen LogP contribution in [0.5, 0.6) is 0 Å². The van der Waals surface area contributed by atoms with Crippen molar-refractivity contribution in [2.24, 2.45) is 0 Å². The summed E-state index contributed by atoms with van der Waals surface area (Å²) in [4.78, 5) is 0.790. The molecule has 0 aliphatic rings. The normalized spacial score (nSPS) is 14.8. The lowest BCUT2D eigenvalue weighted by molar-refractivity contribution is 0.195. The summed E-state index contributed by atoms with van der Waals surface area (Å²) in [6.07, 6.45) is 0.790. The summed E-state index contributed by atoms with van der Waals surface area (Å²) in [7, 11) is 0.649. The van der Waals surface area contributed by atoms with Gasteiger partial charge in [0.25, 0.3) is 0 Å². The molecule has 2 unspecified atom stereocenters. The number of methoxy groups -OCH3 is 1. The highest BCUT2D eigenvalue weighted by molar-refractivity contribution is 7.85. The zero-order valence-electron chi connectivity index (χ0n) is 9.10. The maximum atomic E-state index is 12.0. The van der Waals surface area contributed by atoms with Gasteiger partial charge in [0.1, 0.15) is 0 Å². The SMILES string of the molecule is COCCC(C)S(=O)c1cccc(N)c1. The van der Waals surface area contributed by atoms with E-state index in [1.165, 1.54) is 0 Å². The fraction of sp³-hybridized carbons (Fsp3) is 0.455. The topological polar surface area (TPSA) is 52.3 Å². The maximum Gasteiger partial charge on any atom is 0.0559 e. The van der Waals surface area contributed by atoms with Gasteiger partial charge in [0.05, 0.1) is 10.8 Å². The number of hydrogen-bond donors (Lipinski definition) is 1. The third-order valence-electron chi connectivity index (χ3n) is 2.18. The quantitative estimate of drug-likeness (QED) is 0.780. The molecule has 2 N–H and O–H groups in total. The van der Waals surface area contributed by atoms with E-state index >= 15 is 0 Å². The monoisotopic (exact) mass is 227 g/mol. The van der Waals surface area contributed by atoms with Crippen molar-refractivity contribution in [3.05, 3.63) is 24.3 Å². The standard InChI is InChI=1S/C11H17NO2S/c1-9(6-7-14-2)15(13)11-5-3-4-10(12)8-11/h3-5,8-9H,6-7,12H2,1-2H3. The first-order valence-electron chi connectivity index (χ1n) is 4.90. The van der Waals surface area contributed by atoms with Crippen LogP contribution in [0, 0.1) is 0 Å². The Morgan fingerprint density at radius 3 is 2.87 bits per heavy atom. The third kappa shape index (κ3) is 3.64. The van der Waals surface area contributed by atoms with Crippen molar-refractivity contribution in [3.63, 3.8) is 0 Å². The summed E-state index contributed by atoms with van der Waals surface area (Å²) < 4.78 is 17.0. The van der Waals surface area contributed by atoms with Gasteiger partial charge >= 0.3 is 0 Å². The maximum absolute atomic E-state index is 12.0. The Labute approximate surface area is 93.1 Å². The summed E-state index contributed by atoms with van der Waals surface area (Å²) >= 11 is 0. The molecule has 0 aliphatic carbocycles. The lowest BCUT2D eigenvalue weighted by Crippen LogP contribution is -2.13. The van der Waals surface area contributed by atoms with Crippen molar-refractivity contribution in [3.8, 4) is 0 Å². The molecule has 0 aromatic heterocycles. The summed E-state index contributed by atoms with van der Waals surface area (Å²) in [5.74, 6) is 0. The van der Waals surface area contributed by atoms with Crippen molar-refractivity contribution >= 4 is 16.5 Å². The van der Waals surface area contributed by atoms with E-state index in [-0.39, 0.29) is 5.25 Å². The Kier molecular flexibility index (Phi) is 4.78. The Hall–Kier alpha value is -0.870. The van der Waals surface area contributed by atoms with Gasteiger partial charge in [-0.3, -0.25) is 4.21 Å². The zero-order chi connectivity index (χ0) is 11.3. The van der Waals surface area contributed by atoms with E-state index < -0.39 is 10.8 Å². The minimum absolute atomic E-state index is 0.0896. The largest absolute Gasteiger partial charge is 0.399 e. The van der Waals surface area contributed by atoms with Crippen LogP contribution in [0.4, 0.5) is 5.69 Å². The summed E-state index contributed by atoms with van der Waals surface area (Å²) in [6, 6.07) is 7.22. The molecule has 0 radical (unpaired) electrons. The third-order valence-corrected chi connectivity index (χ3v) is 3.87. The Morgan fingerprint density at radius 2 is 2.27 bits per heavy atom. The van der Waals surface area contributed by atoms with Gasteiger partial charge in [-0.1, -0.05) is 13.0 Å². The molecule has 0 amide bonds. The predicted molar refractivity (Wildman–Crippen MR) is 63.2 cm³/mol. The number of ether oxygens (including phenoxy) is 1. The lowest BCUT2D eigenvalue weighted by atomic mass is 10.3. The average molecular weight is 227 g/mol. The average Bonchev–Trinajstić information content (AvgIpc) is 2.24. The number of rotatable bonds is 5. The van der Waals surface area contributed by atoms with E-state index in [1.54, 1.807) is 19.2 Å². The Morgan fingerprint density at radius 1 is 1.53 bits per heavy atom. The van der Waals surface area contributed by atoms with Crippen LogP contribution in [-0.2, 0) is 15.5 Å². The second kappa shape index (κ2) is 5.88. The van der Waals surface area contributed by atoms with Gasteiger partial charge in [-0.05, 0) is 24.6 Å². The molecular formula is C11H17NO2S. The van der Waals surface area contributed by atoms with Gasteiger partial charge in [0.15, 0.2) is 0 Å². The minimum atomic E-state index is -1.000. The lowest BCUT2D eigenvalue weighted by Gasteiger charge is -2.10. The molecule has 3 nitrogen and oxygen atoms in total. The van der Waals surface area contributed by atoms with E-state index in [4.69, 9.17) is 10.5 Å². The molecule has 0 saturated heterocycles. The second-order valence-corrected chi connectivity index (χ2v) is 5.33. The smallest absolute Gasteiger partial charge is 0.0559 e.